The molecule has 3 heterocycles. The summed E-state index contributed by atoms with van der Waals surface area (Å²) in [6, 6.07) is 13.5. The molecule has 2 N–H and O–H groups in total. The molecule has 4 aromatic rings. The van der Waals surface area contributed by atoms with Crippen molar-refractivity contribution in [2.45, 2.75) is 32.1 Å². The zero-order chi connectivity index (χ0) is 23.7. The fraction of sp³-hybridized carbons (Fsp3) is 0.269. The van der Waals surface area contributed by atoms with Crippen LogP contribution in [0, 0.1) is 0 Å². The number of benzene rings is 1. The second-order valence-electron chi connectivity index (χ2n) is 8.61. The van der Waals surface area contributed by atoms with E-state index in [9.17, 15) is 9.59 Å². The van der Waals surface area contributed by atoms with Gasteiger partial charge in [0.1, 0.15) is 5.00 Å². The third-order valence-corrected chi connectivity index (χ3v) is 8.03. The lowest BCUT2D eigenvalue weighted by Gasteiger charge is -2.14. The summed E-state index contributed by atoms with van der Waals surface area (Å²) in [7, 11) is 3.58. The lowest BCUT2D eigenvalue weighted by molar-refractivity contribution is 0.0857. The highest BCUT2D eigenvalue weighted by Crippen LogP contribution is 2.38. The van der Waals surface area contributed by atoms with E-state index in [1.165, 1.54) is 16.2 Å². The number of carbonyl (C=O) groups is 2. The van der Waals surface area contributed by atoms with Gasteiger partial charge in [0.2, 0.25) is 0 Å². The largest absolute Gasteiger partial charge is 0.313 e. The summed E-state index contributed by atoms with van der Waals surface area (Å²) in [4.78, 5) is 33.8. The third-order valence-electron chi connectivity index (χ3n) is 5.94. The molecule has 0 bridgehead atoms. The smallest absolute Gasteiger partial charge is 0.268 e. The molecule has 8 heteroatoms. The Labute approximate surface area is 206 Å². The van der Waals surface area contributed by atoms with Crippen molar-refractivity contribution in [3.63, 3.8) is 0 Å². The Hall–Kier alpha value is -3.07. The van der Waals surface area contributed by atoms with Crippen LogP contribution in [0.3, 0.4) is 0 Å². The number of hydrogen-bond donors (Lipinski definition) is 2. The predicted octanol–water partition coefficient (Wildman–Crippen LogP) is 5.75. The standard InChI is InChI=1S/C26H26N4O2S2/c1-30(2)29-25(32)23-17-10-4-3-5-12-21(17)34-26(23)28-24(31)18-15-20(22-13-8-14-33-22)27-19-11-7-6-9-16(18)19/h6-9,11,13-15H,3-5,10,12H2,1-2H3,(H,28,31)(H,29,32). The van der Waals surface area contributed by atoms with E-state index in [1.54, 1.807) is 30.4 Å². The van der Waals surface area contributed by atoms with Crippen molar-refractivity contribution in [1.82, 2.24) is 15.4 Å². The maximum atomic E-state index is 13.7. The Morgan fingerprint density at radius 3 is 2.62 bits per heavy atom. The molecule has 0 fully saturated rings. The maximum Gasteiger partial charge on any atom is 0.268 e. The Balaban J connectivity index is 1.57. The number of pyridine rings is 1. The Kier molecular flexibility index (Phi) is 6.45. The van der Waals surface area contributed by atoms with E-state index in [-0.39, 0.29) is 11.8 Å². The molecule has 1 aliphatic carbocycles. The molecule has 0 saturated carbocycles. The SMILES string of the molecule is CN(C)NC(=O)c1c(NC(=O)c2cc(-c3cccs3)nc3ccccc23)sc2c1CCCCC2. The van der Waals surface area contributed by atoms with Crippen LogP contribution in [0.1, 0.15) is 50.4 Å². The summed E-state index contributed by atoms with van der Waals surface area (Å²) >= 11 is 3.13. The maximum absolute atomic E-state index is 13.7. The predicted molar refractivity (Wildman–Crippen MR) is 140 cm³/mol. The molecule has 1 aromatic carbocycles. The Bertz CT molecular complexity index is 1360. The van der Waals surface area contributed by atoms with Crippen LogP contribution in [0.25, 0.3) is 21.5 Å². The lowest BCUT2D eigenvalue weighted by atomic mass is 10.0. The van der Waals surface area contributed by atoms with Gasteiger partial charge in [0, 0.05) is 24.4 Å². The number of fused-ring (bicyclic) bond motifs is 2. The van der Waals surface area contributed by atoms with Crippen molar-refractivity contribution >= 4 is 50.4 Å². The van der Waals surface area contributed by atoms with Crippen molar-refractivity contribution in [3.8, 4) is 10.6 Å². The van der Waals surface area contributed by atoms with Gasteiger partial charge < -0.3 is 5.32 Å². The van der Waals surface area contributed by atoms with Gasteiger partial charge in [-0.2, -0.15) is 0 Å². The number of nitrogens with one attached hydrogen (secondary N) is 2. The van der Waals surface area contributed by atoms with Crippen LogP contribution in [0.15, 0.2) is 47.8 Å². The fourth-order valence-corrected chi connectivity index (χ4v) is 6.38. The number of hydrazine groups is 1. The summed E-state index contributed by atoms with van der Waals surface area (Å²) in [6.07, 6.45) is 5.12. The molecule has 6 nitrogen and oxygen atoms in total. The molecule has 3 aromatic heterocycles. The molecule has 0 radical (unpaired) electrons. The van der Waals surface area contributed by atoms with Gasteiger partial charge in [0.15, 0.2) is 0 Å². The highest BCUT2D eigenvalue weighted by Gasteiger charge is 2.27. The summed E-state index contributed by atoms with van der Waals surface area (Å²) in [6.45, 7) is 0. The van der Waals surface area contributed by atoms with Crippen LogP contribution in [0.5, 0.6) is 0 Å². The van der Waals surface area contributed by atoms with Crippen LogP contribution in [0.2, 0.25) is 0 Å². The molecule has 5 rings (SSSR count). The third kappa shape index (κ3) is 4.49. The first-order chi connectivity index (χ1) is 16.5. The van der Waals surface area contributed by atoms with Crippen molar-refractivity contribution in [2.75, 3.05) is 19.4 Å². The number of nitrogens with zero attached hydrogens (tertiary/aromatic N) is 2. The number of para-hydroxylation sites is 1. The Morgan fingerprint density at radius 2 is 1.82 bits per heavy atom. The van der Waals surface area contributed by atoms with E-state index in [2.05, 4.69) is 10.7 Å². The van der Waals surface area contributed by atoms with Gasteiger partial charge in [0.25, 0.3) is 11.8 Å². The first-order valence-corrected chi connectivity index (χ1v) is 13.1. The van der Waals surface area contributed by atoms with Crippen LogP contribution in [-0.2, 0) is 12.8 Å². The van der Waals surface area contributed by atoms with Crippen molar-refractivity contribution in [1.29, 1.82) is 0 Å². The summed E-state index contributed by atoms with van der Waals surface area (Å²) < 4.78 is 0. The van der Waals surface area contributed by atoms with Gasteiger partial charge >= 0.3 is 0 Å². The van der Waals surface area contributed by atoms with Crippen LogP contribution >= 0.6 is 22.7 Å². The quantitative estimate of drug-likeness (QED) is 0.276. The normalized spacial score (nSPS) is 13.5. The number of aromatic nitrogens is 1. The number of carbonyl (C=O) groups excluding carboxylic acids is 2. The van der Waals surface area contributed by atoms with E-state index in [1.807, 2.05) is 47.8 Å². The molecule has 0 saturated heterocycles. The van der Waals surface area contributed by atoms with Gasteiger partial charge in [-0.25, -0.2) is 9.99 Å². The molecule has 0 spiro atoms. The summed E-state index contributed by atoms with van der Waals surface area (Å²) in [5.41, 5.74) is 6.64. The highest BCUT2D eigenvalue weighted by atomic mass is 32.1. The molecule has 0 atom stereocenters. The molecule has 0 unspecified atom stereocenters. The number of anilines is 1. The van der Waals surface area contributed by atoms with Gasteiger partial charge in [-0.15, -0.1) is 22.7 Å². The highest BCUT2D eigenvalue weighted by molar-refractivity contribution is 7.17. The fourth-order valence-electron chi connectivity index (χ4n) is 4.41. The first-order valence-electron chi connectivity index (χ1n) is 11.4. The van der Waals surface area contributed by atoms with E-state index in [0.717, 1.165) is 59.1 Å². The number of aryl methyl sites for hydroxylation is 1. The van der Waals surface area contributed by atoms with E-state index in [0.29, 0.717) is 16.1 Å². The minimum atomic E-state index is -0.230. The van der Waals surface area contributed by atoms with Crippen LogP contribution in [0.4, 0.5) is 5.00 Å². The minimum Gasteiger partial charge on any atom is -0.313 e. The second kappa shape index (κ2) is 9.66. The van der Waals surface area contributed by atoms with Gasteiger partial charge in [-0.3, -0.25) is 15.0 Å². The van der Waals surface area contributed by atoms with Gasteiger partial charge in [0.05, 0.1) is 27.2 Å². The number of thiophene rings is 2. The lowest BCUT2D eigenvalue weighted by Crippen LogP contribution is -2.36. The van der Waals surface area contributed by atoms with Crippen LogP contribution < -0.4 is 10.7 Å². The Morgan fingerprint density at radius 1 is 1.00 bits per heavy atom. The number of hydrogen-bond acceptors (Lipinski definition) is 6. The first kappa shape index (κ1) is 22.7. The number of rotatable bonds is 5. The van der Waals surface area contributed by atoms with E-state index >= 15 is 0 Å². The van der Waals surface area contributed by atoms with Crippen molar-refractivity contribution in [3.05, 3.63) is 69.4 Å². The molecule has 34 heavy (non-hydrogen) atoms. The molecule has 174 valence electrons. The van der Waals surface area contributed by atoms with Crippen LogP contribution in [-0.4, -0.2) is 35.9 Å². The molecular formula is C26H26N4O2S2. The number of amides is 2. The molecule has 2 amide bonds. The van der Waals surface area contributed by atoms with Gasteiger partial charge in [-0.05, 0) is 54.8 Å². The molecular weight excluding hydrogens is 464 g/mol. The second-order valence-corrected chi connectivity index (χ2v) is 10.7. The monoisotopic (exact) mass is 490 g/mol. The molecule has 1 aliphatic rings. The summed E-state index contributed by atoms with van der Waals surface area (Å²) in [5, 5.41) is 8.15. The van der Waals surface area contributed by atoms with Crippen molar-refractivity contribution in [2.24, 2.45) is 0 Å². The van der Waals surface area contributed by atoms with E-state index < -0.39 is 0 Å². The minimum absolute atomic E-state index is 0.182. The topological polar surface area (TPSA) is 74.3 Å². The van der Waals surface area contributed by atoms with E-state index in [4.69, 9.17) is 4.98 Å². The van der Waals surface area contributed by atoms with Gasteiger partial charge in [-0.1, -0.05) is 30.7 Å². The van der Waals surface area contributed by atoms with Crippen molar-refractivity contribution < 1.29 is 9.59 Å². The summed E-state index contributed by atoms with van der Waals surface area (Å²) in [5.74, 6) is -0.412. The average molecular weight is 491 g/mol. The zero-order valence-corrected chi connectivity index (χ0v) is 20.8. The average Bonchev–Trinajstić information content (AvgIpc) is 3.41. The zero-order valence-electron chi connectivity index (χ0n) is 19.2. The molecule has 0 aliphatic heterocycles.